The Hall–Kier alpha value is -1.91. The van der Waals surface area contributed by atoms with E-state index in [2.05, 4.69) is 10.3 Å². The molecule has 1 unspecified atom stereocenters. The van der Waals surface area contributed by atoms with Crippen molar-refractivity contribution in [2.24, 2.45) is 0 Å². The second kappa shape index (κ2) is 9.27. The molecular weight excluding hydrogens is 465 g/mol. The number of anilines is 1. The van der Waals surface area contributed by atoms with E-state index in [1.165, 1.54) is 45.4 Å². The first-order valence-electron chi connectivity index (χ1n) is 7.98. The molecule has 12 heteroatoms. The van der Waals surface area contributed by atoms with Gasteiger partial charge in [-0.25, -0.2) is 22.5 Å². The van der Waals surface area contributed by atoms with E-state index in [9.17, 15) is 18.0 Å². The van der Waals surface area contributed by atoms with Crippen molar-refractivity contribution in [1.29, 1.82) is 0 Å². The second-order valence-corrected chi connectivity index (χ2v) is 9.32. The van der Waals surface area contributed by atoms with Gasteiger partial charge >= 0.3 is 5.97 Å². The molecule has 0 saturated heterocycles. The van der Waals surface area contributed by atoms with Crippen LogP contribution in [0.1, 0.15) is 17.3 Å². The van der Waals surface area contributed by atoms with Crippen LogP contribution in [0.15, 0.2) is 35.4 Å². The van der Waals surface area contributed by atoms with E-state index >= 15 is 0 Å². The van der Waals surface area contributed by atoms with E-state index in [4.69, 9.17) is 39.5 Å². The number of carbonyl (C=O) groups is 2. The molecule has 29 heavy (non-hydrogen) atoms. The zero-order chi connectivity index (χ0) is 21.9. The highest BCUT2D eigenvalue weighted by molar-refractivity contribution is 7.89. The maximum Gasteiger partial charge on any atom is 0.338 e. The normalized spacial score (nSPS) is 12.5. The summed E-state index contributed by atoms with van der Waals surface area (Å²) in [6.45, 7) is 1.34. The van der Waals surface area contributed by atoms with Crippen molar-refractivity contribution in [2.45, 2.75) is 17.9 Å². The van der Waals surface area contributed by atoms with Gasteiger partial charge in [-0.2, -0.15) is 0 Å². The van der Waals surface area contributed by atoms with Gasteiger partial charge in [0, 0.05) is 20.3 Å². The molecule has 8 nitrogen and oxygen atoms in total. The van der Waals surface area contributed by atoms with Crippen molar-refractivity contribution >= 4 is 62.5 Å². The van der Waals surface area contributed by atoms with Gasteiger partial charge in [-0.3, -0.25) is 4.79 Å². The first kappa shape index (κ1) is 23.4. The van der Waals surface area contributed by atoms with Crippen molar-refractivity contribution in [3.8, 4) is 0 Å². The predicted molar refractivity (Wildman–Crippen MR) is 110 cm³/mol. The predicted octanol–water partition coefficient (Wildman–Crippen LogP) is 3.48. The summed E-state index contributed by atoms with van der Waals surface area (Å²) in [7, 11) is -1.21. The first-order chi connectivity index (χ1) is 13.4. The van der Waals surface area contributed by atoms with Crippen LogP contribution in [0.4, 0.5) is 5.82 Å². The van der Waals surface area contributed by atoms with Crippen LogP contribution < -0.4 is 5.32 Å². The summed E-state index contributed by atoms with van der Waals surface area (Å²) in [4.78, 5) is 28.2. The lowest BCUT2D eigenvalue weighted by Crippen LogP contribution is -2.30. The van der Waals surface area contributed by atoms with Gasteiger partial charge in [0.05, 0.1) is 20.6 Å². The lowest BCUT2D eigenvalue weighted by Gasteiger charge is -2.16. The molecule has 0 bridgehead atoms. The van der Waals surface area contributed by atoms with E-state index in [0.717, 1.165) is 10.4 Å². The smallest absolute Gasteiger partial charge is 0.338 e. The zero-order valence-corrected chi connectivity index (χ0v) is 18.5. The summed E-state index contributed by atoms with van der Waals surface area (Å²) in [5, 5.41) is 2.76. The lowest BCUT2D eigenvalue weighted by atomic mass is 10.2. The fraction of sp³-hybridized carbons (Fsp3) is 0.235. The topological polar surface area (TPSA) is 106 Å². The maximum absolute atomic E-state index is 12.4. The molecule has 0 aliphatic heterocycles. The van der Waals surface area contributed by atoms with Crippen LogP contribution in [-0.4, -0.2) is 49.8 Å². The van der Waals surface area contributed by atoms with Gasteiger partial charge in [0.25, 0.3) is 5.91 Å². The van der Waals surface area contributed by atoms with Crippen LogP contribution in [0, 0.1) is 0 Å². The number of aromatic nitrogens is 1. The summed E-state index contributed by atoms with van der Waals surface area (Å²) < 4.78 is 30.7. The third-order valence-electron chi connectivity index (χ3n) is 3.63. The van der Waals surface area contributed by atoms with Crippen molar-refractivity contribution in [3.63, 3.8) is 0 Å². The third-order valence-corrected chi connectivity index (χ3v) is 6.42. The number of hydrogen-bond donors (Lipinski definition) is 1. The Labute approximate surface area is 182 Å². The van der Waals surface area contributed by atoms with Gasteiger partial charge in [0.2, 0.25) is 10.0 Å². The fourth-order valence-corrected chi connectivity index (χ4v) is 3.85. The summed E-state index contributed by atoms with van der Waals surface area (Å²) in [6, 6.07) is 5.03. The Morgan fingerprint density at radius 2 is 1.79 bits per heavy atom. The summed E-state index contributed by atoms with van der Waals surface area (Å²) in [5.74, 6) is -1.55. The number of nitrogens with one attached hydrogen (secondary N) is 1. The molecule has 0 fully saturated rings. The molecule has 1 N–H and O–H groups in total. The molecule has 2 rings (SSSR count). The zero-order valence-electron chi connectivity index (χ0n) is 15.4. The second-order valence-electron chi connectivity index (χ2n) is 5.95. The van der Waals surface area contributed by atoms with Gasteiger partial charge in [-0.05, 0) is 31.2 Å². The minimum Gasteiger partial charge on any atom is -0.449 e. The summed E-state index contributed by atoms with van der Waals surface area (Å²) >= 11 is 17.6. The van der Waals surface area contributed by atoms with Gasteiger partial charge in [-0.1, -0.05) is 34.8 Å². The summed E-state index contributed by atoms with van der Waals surface area (Å²) in [5.41, 5.74) is -0.0860. The number of amides is 1. The molecule has 1 amide bonds. The lowest BCUT2D eigenvalue weighted by molar-refractivity contribution is -0.123. The Kier molecular flexibility index (Phi) is 7.47. The average molecular weight is 481 g/mol. The van der Waals surface area contributed by atoms with E-state index in [1.54, 1.807) is 0 Å². The molecule has 1 heterocycles. The number of pyridine rings is 1. The number of nitrogens with zero attached hydrogens (tertiary/aromatic N) is 2. The largest absolute Gasteiger partial charge is 0.449 e. The van der Waals surface area contributed by atoms with Crippen molar-refractivity contribution < 1.29 is 22.7 Å². The molecule has 0 radical (unpaired) electrons. The maximum atomic E-state index is 12.4. The highest BCUT2D eigenvalue weighted by Crippen LogP contribution is 2.26. The van der Waals surface area contributed by atoms with Gasteiger partial charge < -0.3 is 10.1 Å². The minimum atomic E-state index is -3.88. The molecule has 0 saturated carbocycles. The van der Waals surface area contributed by atoms with Crippen molar-refractivity contribution in [2.75, 3.05) is 19.4 Å². The molecule has 156 valence electrons. The Bertz CT molecular complexity index is 1060. The third kappa shape index (κ3) is 5.58. The van der Waals surface area contributed by atoms with Crippen LogP contribution in [0.2, 0.25) is 15.1 Å². The number of halogens is 3. The average Bonchev–Trinajstić information content (AvgIpc) is 2.63. The number of carbonyl (C=O) groups excluding carboxylic acids is 2. The van der Waals surface area contributed by atoms with Crippen LogP contribution >= 0.6 is 34.8 Å². The monoisotopic (exact) mass is 479 g/mol. The van der Waals surface area contributed by atoms with Gasteiger partial charge in [-0.15, -0.1) is 0 Å². The minimum absolute atomic E-state index is 0.0508. The molecule has 0 aliphatic rings. The van der Waals surface area contributed by atoms with Gasteiger partial charge in [0.15, 0.2) is 11.9 Å². The number of hydrogen-bond acceptors (Lipinski definition) is 6. The fourth-order valence-electron chi connectivity index (χ4n) is 2.03. The number of sulfonamides is 1. The highest BCUT2D eigenvalue weighted by atomic mass is 35.5. The summed E-state index contributed by atoms with van der Waals surface area (Å²) in [6.07, 6.45) is 0.0702. The van der Waals surface area contributed by atoms with E-state index in [0.29, 0.717) is 5.02 Å². The number of rotatable bonds is 6. The van der Waals surface area contributed by atoms with E-state index in [1.807, 2.05) is 0 Å². The highest BCUT2D eigenvalue weighted by Gasteiger charge is 2.25. The van der Waals surface area contributed by atoms with Gasteiger partial charge in [0.1, 0.15) is 4.90 Å². The molecule has 1 aromatic carbocycles. The Morgan fingerprint density at radius 3 is 2.38 bits per heavy atom. The first-order valence-corrected chi connectivity index (χ1v) is 10.6. The van der Waals surface area contributed by atoms with E-state index < -0.39 is 28.0 Å². The molecule has 0 aliphatic carbocycles. The molecule has 2 aromatic rings. The standard InChI is InChI=1S/C17H16Cl3N3O5S/c1-9(16(24)22-15-13(20)7-11(18)8-21-15)28-17(25)10-4-5-12(19)14(6-10)29(26,27)23(2)3/h4-9H,1-3H3,(H,21,22,24). The van der Waals surface area contributed by atoms with Crippen LogP contribution in [0.3, 0.4) is 0 Å². The van der Waals surface area contributed by atoms with Crippen molar-refractivity contribution in [1.82, 2.24) is 9.29 Å². The quantitative estimate of drug-likeness (QED) is 0.635. The van der Waals surface area contributed by atoms with Crippen LogP contribution in [0.5, 0.6) is 0 Å². The Morgan fingerprint density at radius 1 is 1.14 bits per heavy atom. The molecular formula is C17H16Cl3N3O5S. The molecule has 1 aromatic heterocycles. The van der Waals surface area contributed by atoms with Crippen LogP contribution in [0.25, 0.3) is 0 Å². The Balaban J connectivity index is 2.16. The number of esters is 1. The van der Waals surface area contributed by atoms with E-state index in [-0.39, 0.29) is 26.3 Å². The molecule has 0 spiro atoms. The number of ether oxygens (including phenoxy) is 1. The van der Waals surface area contributed by atoms with Crippen molar-refractivity contribution in [3.05, 3.63) is 51.1 Å². The molecule has 1 atom stereocenters. The number of benzene rings is 1. The SMILES string of the molecule is CC(OC(=O)c1ccc(Cl)c(S(=O)(=O)N(C)C)c1)C(=O)Nc1ncc(Cl)cc1Cl. The van der Waals surface area contributed by atoms with Crippen LogP contribution in [-0.2, 0) is 19.6 Å².